The minimum absolute atomic E-state index is 0. The normalized spacial score (nSPS) is 18.6. The molecule has 1 aliphatic rings. The maximum absolute atomic E-state index is 12.6. The van der Waals surface area contributed by atoms with Crippen molar-refractivity contribution < 1.29 is 4.79 Å². The first-order chi connectivity index (χ1) is 12.0. The number of carbonyl (C=O) groups excluding carboxylic acids is 1. The van der Waals surface area contributed by atoms with Crippen LogP contribution in [0.3, 0.4) is 0 Å². The number of halogens is 2. The van der Waals surface area contributed by atoms with Gasteiger partial charge in [-0.3, -0.25) is 9.78 Å². The maximum Gasteiger partial charge on any atom is 0.253 e. The molecule has 0 bridgehead atoms. The van der Waals surface area contributed by atoms with Gasteiger partial charge in [0.1, 0.15) is 0 Å². The Labute approximate surface area is 173 Å². The summed E-state index contributed by atoms with van der Waals surface area (Å²) in [5.74, 6) is -0.0432. The van der Waals surface area contributed by atoms with Gasteiger partial charge in [0, 0.05) is 49.8 Å². The van der Waals surface area contributed by atoms with Crippen LogP contribution in [0.25, 0.3) is 11.1 Å². The van der Waals surface area contributed by atoms with Crippen LogP contribution < -0.4 is 15.5 Å². The van der Waals surface area contributed by atoms with Crippen molar-refractivity contribution in [1.82, 2.24) is 15.6 Å². The van der Waals surface area contributed by atoms with E-state index in [1.54, 1.807) is 12.4 Å². The molecule has 27 heavy (non-hydrogen) atoms. The molecule has 1 amide bonds. The third-order valence-corrected chi connectivity index (χ3v) is 4.68. The van der Waals surface area contributed by atoms with Crippen LogP contribution in [0.4, 0.5) is 5.69 Å². The number of anilines is 1. The fourth-order valence-corrected chi connectivity index (χ4v) is 3.21. The number of rotatable bonds is 4. The molecule has 1 aromatic heterocycles. The number of aromatic nitrogens is 1. The second-order valence-electron chi connectivity index (χ2n) is 6.95. The molecule has 2 unspecified atom stereocenters. The lowest BCUT2D eigenvalue weighted by atomic mass is 10.00. The van der Waals surface area contributed by atoms with Gasteiger partial charge in [-0.15, -0.1) is 24.8 Å². The Bertz CT molecular complexity index is 737. The Balaban J connectivity index is 0.00000182. The minimum Gasteiger partial charge on any atom is -0.378 e. The van der Waals surface area contributed by atoms with Crippen LogP contribution in [-0.2, 0) is 0 Å². The molecule has 1 fully saturated rings. The first kappa shape index (κ1) is 23.2. The van der Waals surface area contributed by atoms with Gasteiger partial charge in [0.15, 0.2) is 0 Å². The molecule has 1 aromatic carbocycles. The molecule has 2 aromatic rings. The molecule has 2 heterocycles. The highest BCUT2D eigenvalue weighted by Gasteiger charge is 2.20. The zero-order valence-corrected chi connectivity index (χ0v) is 17.6. The van der Waals surface area contributed by atoms with Crippen LogP contribution in [0.5, 0.6) is 0 Å². The summed E-state index contributed by atoms with van der Waals surface area (Å²) in [7, 11) is 4.03. The quantitative estimate of drug-likeness (QED) is 0.808. The highest BCUT2D eigenvalue weighted by Crippen LogP contribution is 2.22. The molecule has 0 aliphatic carbocycles. The van der Waals surface area contributed by atoms with Gasteiger partial charge in [0.2, 0.25) is 0 Å². The van der Waals surface area contributed by atoms with Crippen LogP contribution in [0.15, 0.2) is 42.7 Å². The highest BCUT2D eigenvalue weighted by molar-refractivity contribution is 5.95. The van der Waals surface area contributed by atoms with Gasteiger partial charge in [-0.1, -0.05) is 12.1 Å². The fourth-order valence-electron chi connectivity index (χ4n) is 3.21. The number of nitrogens with one attached hydrogen (secondary N) is 2. The summed E-state index contributed by atoms with van der Waals surface area (Å²) in [6.07, 6.45) is 5.37. The first-order valence-electron chi connectivity index (χ1n) is 8.80. The van der Waals surface area contributed by atoms with Gasteiger partial charge in [0.25, 0.3) is 5.91 Å². The van der Waals surface area contributed by atoms with E-state index >= 15 is 0 Å². The average molecular weight is 411 g/mol. The summed E-state index contributed by atoms with van der Waals surface area (Å²) < 4.78 is 0. The van der Waals surface area contributed by atoms with Crippen LogP contribution in [-0.4, -0.2) is 43.6 Å². The molecule has 2 N–H and O–H groups in total. The third kappa shape index (κ3) is 6.09. The Kier molecular flexibility index (Phi) is 9.03. The van der Waals surface area contributed by atoms with Gasteiger partial charge < -0.3 is 15.5 Å². The van der Waals surface area contributed by atoms with Crippen molar-refractivity contribution in [2.75, 3.05) is 25.5 Å². The number of hydrogen-bond donors (Lipinski definition) is 2. The predicted octanol–water partition coefficient (Wildman–Crippen LogP) is 3.53. The van der Waals surface area contributed by atoms with Crippen molar-refractivity contribution in [2.24, 2.45) is 0 Å². The van der Waals surface area contributed by atoms with Crippen molar-refractivity contribution >= 4 is 36.4 Å². The molecular weight excluding hydrogens is 383 g/mol. The van der Waals surface area contributed by atoms with E-state index in [9.17, 15) is 4.79 Å². The van der Waals surface area contributed by atoms with E-state index in [2.05, 4.69) is 51.7 Å². The second-order valence-corrected chi connectivity index (χ2v) is 6.95. The standard InChI is InChI=1S/C20H26N4O.2ClH/c1-14-10-18(8-9-22-14)23-20(25)17-11-16(12-21-13-17)15-4-6-19(7-5-15)24(2)3;;/h4-7,11-14,18,22H,8-10H2,1-3H3,(H,23,25);2*1H. The molecule has 0 spiro atoms. The monoisotopic (exact) mass is 410 g/mol. The number of piperidine rings is 1. The van der Waals surface area contributed by atoms with E-state index < -0.39 is 0 Å². The number of nitrogens with zero attached hydrogens (tertiary/aromatic N) is 2. The lowest BCUT2D eigenvalue weighted by Crippen LogP contribution is -2.46. The first-order valence-corrected chi connectivity index (χ1v) is 8.80. The Morgan fingerprint density at radius 2 is 1.85 bits per heavy atom. The van der Waals surface area contributed by atoms with Crippen LogP contribution in [0.1, 0.15) is 30.1 Å². The van der Waals surface area contributed by atoms with Gasteiger partial charge in [-0.05, 0) is 50.1 Å². The Morgan fingerprint density at radius 1 is 1.15 bits per heavy atom. The zero-order valence-electron chi connectivity index (χ0n) is 15.9. The van der Waals surface area contributed by atoms with E-state index in [0.717, 1.165) is 36.2 Å². The summed E-state index contributed by atoms with van der Waals surface area (Å²) >= 11 is 0. The summed E-state index contributed by atoms with van der Waals surface area (Å²) in [5.41, 5.74) is 3.77. The van der Waals surface area contributed by atoms with E-state index in [0.29, 0.717) is 11.6 Å². The molecule has 0 saturated carbocycles. The lowest BCUT2D eigenvalue weighted by molar-refractivity contribution is 0.0925. The van der Waals surface area contributed by atoms with Crippen LogP contribution in [0, 0.1) is 0 Å². The van der Waals surface area contributed by atoms with Crippen molar-refractivity contribution in [1.29, 1.82) is 0 Å². The van der Waals surface area contributed by atoms with Gasteiger partial charge in [-0.25, -0.2) is 0 Å². The summed E-state index contributed by atoms with van der Waals surface area (Å²) in [6.45, 7) is 3.10. The molecule has 3 rings (SSSR count). The van der Waals surface area contributed by atoms with Crippen molar-refractivity contribution in [3.8, 4) is 11.1 Å². The average Bonchev–Trinajstić information content (AvgIpc) is 2.62. The molecule has 5 nitrogen and oxygen atoms in total. The molecule has 2 atom stereocenters. The smallest absolute Gasteiger partial charge is 0.253 e. The topological polar surface area (TPSA) is 57.3 Å². The molecule has 7 heteroatoms. The van der Waals surface area contributed by atoms with Gasteiger partial charge in [0.05, 0.1) is 5.56 Å². The maximum atomic E-state index is 12.6. The van der Waals surface area contributed by atoms with E-state index in [4.69, 9.17) is 0 Å². The van der Waals surface area contributed by atoms with Crippen molar-refractivity contribution in [2.45, 2.75) is 31.8 Å². The third-order valence-electron chi connectivity index (χ3n) is 4.68. The van der Waals surface area contributed by atoms with Crippen LogP contribution in [0.2, 0.25) is 0 Å². The summed E-state index contributed by atoms with van der Waals surface area (Å²) in [5, 5.41) is 6.54. The Hall–Kier alpha value is -1.82. The summed E-state index contributed by atoms with van der Waals surface area (Å²) in [4.78, 5) is 18.9. The lowest BCUT2D eigenvalue weighted by Gasteiger charge is -2.28. The van der Waals surface area contributed by atoms with Gasteiger partial charge >= 0.3 is 0 Å². The Morgan fingerprint density at radius 3 is 2.48 bits per heavy atom. The van der Waals surface area contributed by atoms with Crippen molar-refractivity contribution in [3.63, 3.8) is 0 Å². The molecule has 148 valence electrons. The minimum atomic E-state index is -0.0432. The van der Waals surface area contributed by atoms with Crippen LogP contribution >= 0.6 is 24.8 Å². The molecule has 1 saturated heterocycles. The SMILES string of the molecule is CC1CC(NC(=O)c2cncc(-c3ccc(N(C)C)cc3)c2)CCN1.Cl.Cl. The fraction of sp³-hybridized carbons (Fsp3) is 0.400. The van der Waals surface area contributed by atoms with E-state index in [1.165, 1.54) is 0 Å². The number of benzene rings is 1. The predicted molar refractivity (Wildman–Crippen MR) is 116 cm³/mol. The molecule has 1 aliphatic heterocycles. The van der Waals surface area contributed by atoms with E-state index in [-0.39, 0.29) is 36.8 Å². The number of carbonyl (C=O) groups is 1. The molecule has 0 radical (unpaired) electrons. The second kappa shape index (κ2) is 10.5. The molecular formula is C20H28Cl2N4O. The highest BCUT2D eigenvalue weighted by atomic mass is 35.5. The largest absolute Gasteiger partial charge is 0.378 e. The van der Waals surface area contributed by atoms with E-state index in [1.807, 2.05) is 20.2 Å². The summed E-state index contributed by atoms with van der Waals surface area (Å²) in [6, 6.07) is 10.8. The van der Waals surface area contributed by atoms with Gasteiger partial charge in [-0.2, -0.15) is 0 Å². The number of pyridine rings is 1. The number of amides is 1. The zero-order chi connectivity index (χ0) is 17.8. The van der Waals surface area contributed by atoms with Crippen molar-refractivity contribution in [3.05, 3.63) is 48.3 Å². The number of hydrogen-bond acceptors (Lipinski definition) is 4.